The van der Waals surface area contributed by atoms with Crippen LogP contribution in [0.25, 0.3) is 11.3 Å². The number of piperazine rings is 1. The summed E-state index contributed by atoms with van der Waals surface area (Å²) in [5.41, 5.74) is 10.3. The lowest BCUT2D eigenvalue weighted by Gasteiger charge is -2.36. The summed E-state index contributed by atoms with van der Waals surface area (Å²) in [6.45, 7) is 7.34. The van der Waals surface area contributed by atoms with E-state index in [9.17, 15) is 0 Å². The Morgan fingerprint density at radius 3 is 2.83 bits per heavy atom. The topological polar surface area (TPSA) is 145 Å². The van der Waals surface area contributed by atoms with Crippen molar-refractivity contribution in [2.75, 3.05) is 51.7 Å². The van der Waals surface area contributed by atoms with Crippen molar-refractivity contribution in [2.24, 2.45) is 15.7 Å². The SMILES string of the molecule is CNC(/N=C1\[NH2+]C(N)=Nc2c1cnn2CCN1CCN(c2cccc(-c3coc(C)n3)c2)CC1)C1NC=CN1C. The van der Waals surface area contributed by atoms with Gasteiger partial charge in [0.25, 0.3) is 0 Å². The van der Waals surface area contributed by atoms with Crippen molar-refractivity contribution < 1.29 is 9.73 Å². The van der Waals surface area contributed by atoms with Gasteiger partial charge in [0.15, 0.2) is 11.7 Å². The standard InChI is InChI=1S/C27H36N12O/c1-18-32-22(17-40-18)19-5-4-6-20(15-19)38-12-9-37(10-13-38)11-14-39-25-21(16-31-39)23(34-27(28)35-25)33-24(29-2)26-30-7-8-36(26)3/h4-8,15-17,24,26,29-30H,9-14H2,1-3H3,(H3,28,33,34,35)/p+1. The summed E-state index contributed by atoms with van der Waals surface area (Å²) in [7, 11) is 3.92. The fourth-order valence-corrected chi connectivity index (χ4v) is 5.37. The van der Waals surface area contributed by atoms with Gasteiger partial charge in [0.05, 0.1) is 12.7 Å². The van der Waals surface area contributed by atoms with Gasteiger partial charge in [-0.05, 0) is 19.2 Å². The van der Waals surface area contributed by atoms with E-state index in [1.54, 1.807) is 6.26 Å². The third-order valence-electron chi connectivity index (χ3n) is 7.62. The minimum atomic E-state index is -0.176. The summed E-state index contributed by atoms with van der Waals surface area (Å²) in [5.74, 6) is 2.66. The zero-order chi connectivity index (χ0) is 27.6. The van der Waals surface area contributed by atoms with Gasteiger partial charge in [-0.1, -0.05) is 12.1 Å². The van der Waals surface area contributed by atoms with Gasteiger partial charge in [0, 0.05) is 70.3 Å². The van der Waals surface area contributed by atoms with Crippen LogP contribution in [0.4, 0.5) is 11.5 Å². The number of hydrogen-bond acceptors (Lipinski definition) is 11. The lowest BCUT2D eigenvalue weighted by molar-refractivity contribution is -0.410. The molecule has 1 aromatic carbocycles. The van der Waals surface area contributed by atoms with Gasteiger partial charge in [-0.3, -0.25) is 10.2 Å². The van der Waals surface area contributed by atoms with Crippen LogP contribution in [0.2, 0.25) is 0 Å². The molecular weight excluding hydrogens is 508 g/mol. The van der Waals surface area contributed by atoms with Gasteiger partial charge in [-0.25, -0.2) is 20.0 Å². The molecule has 0 saturated carbocycles. The van der Waals surface area contributed by atoms with Gasteiger partial charge in [-0.15, -0.1) is 0 Å². The van der Waals surface area contributed by atoms with Gasteiger partial charge in [0.2, 0.25) is 5.84 Å². The van der Waals surface area contributed by atoms with Crippen LogP contribution < -0.4 is 26.6 Å². The Kier molecular flexibility index (Phi) is 7.24. The third-order valence-corrected chi connectivity index (χ3v) is 7.62. The first kappa shape index (κ1) is 26.0. The van der Waals surface area contributed by atoms with Crippen molar-refractivity contribution >= 4 is 23.3 Å². The summed E-state index contributed by atoms with van der Waals surface area (Å²) in [6.07, 6.45) is 7.32. The number of nitrogens with two attached hydrogens (primary N) is 2. The number of rotatable bonds is 8. The number of oxazole rings is 1. The van der Waals surface area contributed by atoms with E-state index in [4.69, 9.17) is 15.1 Å². The molecule has 210 valence electrons. The van der Waals surface area contributed by atoms with Gasteiger partial charge >= 0.3 is 5.96 Å². The van der Waals surface area contributed by atoms with Crippen LogP contribution in [-0.4, -0.2) is 95.5 Å². The molecule has 40 heavy (non-hydrogen) atoms. The van der Waals surface area contributed by atoms with Crippen molar-refractivity contribution in [1.29, 1.82) is 0 Å². The van der Waals surface area contributed by atoms with Crippen LogP contribution in [-0.2, 0) is 6.54 Å². The van der Waals surface area contributed by atoms with Crippen molar-refractivity contribution in [3.05, 3.63) is 60.6 Å². The highest BCUT2D eigenvalue weighted by atomic mass is 16.3. The lowest BCUT2D eigenvalue weighted by atomic mass is 10.1. The molecule has 3 aliphatic heterocycles. The lowest BCUT2D eigenvalue weighted by Crippen LogP contribution is -2.95. The molecule has 3 aliphatic rings. The fourth-order valence-electron chi connectivity index (χ4n) is 5.37. The molecule has 5 heterocycles. The predicted octanol–water partition coefficient (Wildman–Crippen LogP) is -0.184. The highest BCUT2D eigenvalue weighted by Crippen LogP contribution is 2.25. The monoisotopic (exact) mass is 545 g/mol. The van der Waals surface area contributed by atoms with Crippen LogP contribution in [0.15, 0.2) is 63.5 Å². The van der Waals surface area contributed by atoms with Crippen molar-refractivity contribution in [2.45, 2.75) is 25.8 Å². The van der Waals surface area contributed by atoms with Crippen LogP contribution in [0.1, 0.15) is 11.5 Å². The van der Waals surface area contributed by atoms with E-state index in [0.717, 1.165) is 67.7 Å². The number of guanidine groups is 1. The number of nitrogens with one attached hydrogen (secondary N) is 2. The van der Waals surface area contributed by atoms with Crippen molar-refractivity contribution in [1.82, 2.24) is 35.2 Å². The first-order chi connectivity index (χ1) is 19.5. The molecule has 2 atom stereocenters. The van der Waals surface area contributed by atoms with E-state index in [-0.39, 0.29) is 12.3 Å². The zero-order valence-corrected chi connectivity index (χ0v) is 23.2. The smallest absolute Gasteiger partial charge is 0.304 e. The largest absolute Gasteiger partial charge is 0.449 e. The Labute approximate surface area is 233 Å². The second-order valence-electron chi connectivity index (χ2n) is 10.3. The van der Waals surface area contributed by atoms with E-state index >= 15 is 0 Å². The minimum Gasteiger partial charge on any atom is -0.449 e. The number of hydrogen-bond donors (Lipinski definition) is 4. The summed E-state index contributed by atoms with van der Waals surface area (Å²) < 4.78 is 7.34. The molecule has 3 aromatic rings. The average Bonchev–Trinajstić information content (AvgIpc) is 3.71. The molecule has 13 heteroatoms. The number of likely N-dealkylation sites (N-methyl/N-ethyl adjacent to an activating group) is 2. The molecule has 1 fully saturated rings. The molecule has 0 bridgehead atoms. The summed E-state index contributed by atoms with van der Waals surface area (Å²) in [4.78, 5) is 21.0. The number of benzene rings is 1. The Morgan fingerprint density at radius 1 is 1.25 bits per heavy atom. The summed E-state index contributed by atoms with van der Waals surface area (Å²) in [5, 5.41) is 13.1. The van der Waals surface area contributed by atoms with Gasteiger partial charge < -0.3 is 25.3 Å². The normalized spacial score (nSPS) is 21.0. The predicted molar refractivity (Wildman–Crippen MR) is 154 cm³/mol. The third kappa shape index (κ3) is 5.30. The number of quaternary nitrogens is 1. The van der Waals surface area contributed by atoms with Crippen LogP contribution in [0.3, 0.4) is 0 Å². The molecule has 2 unspecified atom stereocenters. The fraction of sp³-hybridized carbons (Fsp3) is 0.407. The second kappa shape index (κ2) is 11.1. The number of amidine groups is 1. The van der Waals surface area contributed by atoms with Crippen LogP contribution >= 0.6 is 0 Å². The highest BCUT2D eigenvalue weighted by Gasteiger charge is 2.30. The molecule has 13 nitrogen and oxygen atoms in total. The maximum absolute atomic E-state index is 6.21. The first-order valence-electron chi connectivity index (χ1n) is 13.6. The molecule has 6 N–H and O–H groups in total. The maximum Gasteiger partial charge on any atom is 0.304 e. The van der Waals surface area contributed by atoms with Crippen molar-refractivity contribution in [3.63, 3.8) is 0 Å². The first-order valence-corrected chi connectivity index (χ1v) is 13.6. The molecule has 1 saturated heterocycles. The minimum absolute atomic E-state index is 0.0112. The number of aliphatic imine (C=N–C) groups is 2. The second-order valence-corrected chi connectivity index (χ2v) is 10.3. The van der Waals surface area contributed by atoms with E-state index in [1.807, 2.05) is 49.6 Å². The van der Waals surface area contributed by atoms with E-state index < -0.39 is 0 Å². The van der Waals surface area contributed by atoms with E-state index in [0.29, 0.717) is 11.9 Å². The van der Waals surface area contributed by atoms with Crippen LogP contribution in [0.5, 0.6) is 0 Å². The Bertz CT molecular complexity index is 1430. The molecular formula is C27H37N12O+. The molecule has 0 amide bonds. The van der Waals surface area contributed by atoms with Gasteiger partial charge in [0.1, 0.15) is 29.9 Å². The van der Waals surface area contributed by atoms with E-state index in [1.165, 1.54) is 5.69 Å². The Balaban J connectivity index is 1.08. The number of aromatic nitrogens is 3. The molecule has 0 spiro atoms. The summed E-state index contributed by atoms with van der Waals surface area (Å²) in [6, 6.07) is 8.51. The maximum atomic E-state index is 6.21. The van der Waals surface area contributed by atoms with E-state index in [2.05, 4.69) is 64.7 Å². The number of nitrogens with zero attached hydrogens (tertiary/aromatic N) is 8. The number of fused-ring (bicyclic) bond motifs is 1. The van der Waals surface area contributed by atoms with Crippen molar-refractivity contribution in [3.8, 4) is 11.3 Å². The highest BCUT2D eigenvalue weighted by molar-refractivity contribution is 6.03. The zero-order valence-electron chi connectivity index (χ0n) is 23.2. The molecule has 2 aromatic heterocycles. The molecule has 0 aliphatic carbocycles. The average molecular weight is 546 g/mol. The van der Waals surface area contributed by atoms with Crippen LogP contribution in [0, 0.1) is 6.92 Å². The number of anilines is 1. The Morgan fingerprint density at radius 2 is 2.10 bits per heavy atom. The molecule has 6 rings (SSSR count). The molecule has 0 radical (unpaired) electrons. The van der Waals surface area contributed by atoms with Gasteiger partial charge in [-0.2, -0.15) is 10.1 Å². The quantitative estimate of drug-likeness (QED) is 0.303. The number of aryl methyl sites for hydroxylation is 1. The Hall–Kier alpha value is -4.20. The summed E-state index contributed by atoms with van der Waals surface area (Å²) >= 11 is 0.